The van der Waals surface area contributed by atoms with Crippen LogP contribution in [0.2, 0.25) is 5.02 Å². The summed E-state index contributed by atoms with van der Waals surface area (Å²) >= 11 is 5.79. The van der Waals surface area contributed by atoms with Crippen molar-refractivity contribution in [3.8, 4) is 0 Å². The Morgan fingerprint density at radius 3 is 2.72 bits per heavy atom. The topological polar surface area (TPSA) is 55.1 Å². The molecule has 3 nitrogen and oxygen atoms in total. The van der Waals surface area contributed by atoms with E-state index < -0.39 is 11.2 Å². The summed E-state index contributed by atoms with van der Waals surface area (Å²) in [5, 5.41) is 3.00. The van der Waals surface area contributed by atoms with Gasteiger partial charge in [-0.05, 0) is 31.0 Å². The zero-order valence-corrected chi connectivity index (χ0v) is 10.8. The second-order valence-electron chi connectivity index (χ2n) is 4.77. The summed E-state index contributed by atoms with van der Waals surface area (Å²) in [5.41, 5.74) is 5.28. The first-order valence-electron chi connectivity index (χ1n) is 6.04. The Morgan fingerprint density at radius 1 is 1.44 bits per heavy atom. The van der Waals surface area contributed by atoms with Crippen LogP contribution >= 0.6 is 11.6 Å². The fourth-order valence-corrected chi connectivity index (χ4v) is 2.60. The molecule has 3 N–H and O–H groups in total. The summed E-state index contributed by atoms with van der Waals surface area (Å²) in [7, 11) is 0. The molecule has 0 atom stereocenters. The van der Waals surface area contributed by atoms with E-state index in [4.69, 9.17) is 17.3 Å². The fourth-order valence-electron chi connectivity index (χ4n) is 2.42. The molecule has 0 spiro atoms. The lowest BCUT2D eigenvalue weighted by Crippen LogP contribution is -2.40. The molecule has 0 unspecified atom stereocenters. The Balaban J connectivity index is 2.18. The highest BCUT2D eigenvalue weighted by Crippen LogP contribution is 2.38. The predicted octanol–water partition coefficient (Wildman–Crippen LogP) is 2.94. The van der Waals surface area contributed by atoms with Crippen LogP contribution in [0, 0.1) is 11.2 Å². The van der Waals surface area contributed by atoms with E-state index in [1.807, 2.05) is 0 Å². The van der Waals surface area contributed by atoms with Crippen LogP contribution in [-0.2, 0) is 4.79 Å². The van der Waals surface area contributed by atoms with E-state index in [2.05, 4.69) is 5.32 Å². The lowest BCUT2D eigenvalue weighted by molar-refractivity contribution is -0.124. The van der Waals surface area contributed by atoms with E-state index in [1.54, 1.807) is 0 Å². The van der Waals surface area contributed by atoms with Crippen molar-refractivity contribution < 1.29 is 9.18 Å². The molecule has 1 aliphatic carbocycles. The van der Waals surface area contributed by atoms with Crippen molar-refractivity contribution in [3.63, 3.8) is 0 Å². The van der Waals surface area contributed by atoms with E-state index in [0.29, 0.717) is 11.6 Å². The van der Waals surface area contributed by atoms with Crippen LogP contribution in [0.15, 0.2) is 18.2 Å². The van der Waals surface area contributed by atoms with Gasteiger partial charge in [-0.1, -0.05) is 24.4 Å². The van der Waals surface area contributed by atoms with Gasteiger partial charge < -0.3 is 11.1 Å². The summed E-state index contributed by atoms with van der Waals surface area (Å²) in [6.45, 7) is 0.293. The number of carbonyl (C=O) groups excluding carboxylic acids is 1. The van der Waals surface area contributed by atoms with Crippen molar-refractivity contribution in [1.29, 1.82) is 0 Å². The zero-order valence-electron chi connectivity index (χ0n) is 10.0. The molecule has 0 saturated heterocycles. The third-order valence-electron chi connectivity index (χ3n) is 3.61. The molecule has 0 bridgehead atoms. The molecular formula is C13H16ClFN2O. The van der Waals surface area contributed by atoms with Crippen LogP contribution < -0.4 is 11.1 Å². The molecule has 1 saturated carbocycles. The van der Waals surface area contributed by atoms with Gasteiger partial charge in [-0.2, -0.15) is 0 Å². The lowest BCUT2D eigenvalue weighted by Gasteiger charge is -2.25. The van der Waals surface area contributed by atoms with E-state index in [9.17, 15) is 9.18 Å². The van der Waals surface area contributed by atoms with Gasteiger partial charge in [0.25, 0.3) is 0 Å². The second kappa shape index (κ2) is 5.24. The van der Waals surface area contributed by atoms with Gasteiger partial charge in [0.05, 0.1) is 11.1 Å². The van der Waals surface area contributed by atoms with Gasteiger partial charge in [0.15, 0.2) is 0 Å². The van der Waals surface area contributed by atoms with E-state index in [1.165, 1.54) is 18.2 Å². The molecular weight excluding hydrogens is 255 g/mol. The highest BCUT2D eigenvalue weighted by molar-refractivity contribution is 6.30. The smallest absolute Gasteiger partial charge is 0.231 e. The third kappa shape index (κ3) is 2.49. The maximum atomic E-state index is 13.5. The van der Waals surface area contributed by atoms with Crippen molar-refractivity contribution in [3.05, 3.63) is 29.0 Å². The summed E-state index contributed by atoms with van der Waals surface area (Å²) in [6.07, 6.45) is 3.50. The first kappa shape index (κ1) is 13.3. The van der Waals surface area contributed by atoms with Crippen molar-refractivity contribution in [2.45, 2.75) is 25.7 Å². The summed E-state index contributed by atoms with van der Waals surface area (Å²) < 4.78 is 13.5. The minimum absolute atomic E-state index is 0.118. The highest BCUT2D eigenvalue weighted by atomic mass is 35.5. The number of amides is 1. The molecule has 98 valence electrons. The first-order chi connectivity index (χ1) is 8.57. The van der Waals surface area contributed by atoms with Gasteiger partial charge in [-0.3, -0.25) is 4.79 Å². The van der Waals surface area contributed by atoms with Crippen molar-refractivity contribution in [2.24, 2.45) is 11.1 Å². The molecule has 1 fully saturated rings. The number of rotatable bonds is 3. The molecule has 18 heavy (non-hydrogen) atoms. The predicted molar refractivity (Wildman–Crippen MR) is 70.0 cm³/mol. The maximum absolute atomic E-state index is 13.5. The Hall–Kier alpha value is -1.13. The number of hydrogen-bond acceptors (Lipinski definition) is 2. The molecule has 2 rings (SSSR count). The Bertz CT molecular complexity index is 458. The second-order valence-corrected chi connectivity index (χ2v) is 5.21. The molecule has 5 heteroatoms. The van der Waals surface area contributed by atoms with Gasteiger partial charge in [-0.25, -0.2) is 4.39 Å². The van der Waals surface area contributed by atoms with Gasteiger partial charge in [0.2, 0.25) is 5.91 Å². The number of nitrogens with two attached hydrogens (primary N) is 1. The van der Waals surface area contributed by atoms with Crippen LogP contribution in [0.5, 0.6) is 0 Å². The molecule has 1 amide bonds. The molecule has 0 aromatic heterocycles. The molecule has 1 aromatic rings. The van der Waals surface area contributed by atoms with E-state index in [0.717, 1.165) is 25.7 Å². The molecule has 0 heterocycles. The lowest BCUT2D eigenvalue weighted by atomic mass is 9.85. The highest BCUT2D eigenvalue weighted by Gasteiger charge is 2.40. The average molecular weight is 271 g/mol. The van der Waals surface area contributed by atoms with Gasteiger partial charge in [0, 0.05) is 11.6 Å². The average Bonchev–Trinajstić information content (AvgIpc) is 2.84. The number of halogens is 2. The number of nitrogens with one attached hydrogen (secondary N) is 1. The molecule has 1 aliphatic rings. The van der Waals surface area contributed by atoms with Crippen LogP contribution in [-0.4, -0.2) is 12.5 Å². The Labute approximate surface area is 111 Å². The summed E-state index contributed by atoms with van der Waals surface area (Å²) in [6, 6.07) is 4.09. The monoisotopic (exact) mass is 270 g/mol. The minimum Gasteiger partial charge on any atom is -0.329 e. The van der Waals surface area contributed by atoms with Gasteiger partial charge >= 0.3 is 0 Å². The molecule has 0 aliphatic heterocycles. The van der Waals surface area contributed by atoms with E-state index >= 15 is 0 Å². The number of carbonyl (C=O) groups is 1. The largest absolute Gasteiger partial charge is 0.329 e. The maximum Gasteiger partial charge on any atom is 0.231 e. The first-order valence-corrected chi connectivity index (χ1v) is 6.42. The summed E-state index contributed by atoms with van der Waals surface area (Å²) in [4.78, 5) is 12.2. The minimum atomic E-state index is -0.547. The Kier molecular flexibility index (Phi) is 3.88. The normalized spacial score (nSPS) is 17.7. The van der Waals surface area contributed by atoms with Gasteiger partial charge in [-0.15, -0.1) is 0 Å². The summed E-state index contributed by atoms with van der Waals surface area (Å²) in [5.74, 6) is -0.693. The fraction of sp³-hybridized carbons (Fsp3) is 0.462. The standard InChI is InChI=1S/C13H16ClFN2O/c14-9-3-4-10(15)11(7-9)17-12(18)13(8-16)5-1-2-6-13/h3-4,7H,1-2,5-6,8,16H2,(H,17,18). The van der Waals surface area contributed by atoms with Crippen molar-refractivity contribution in [1.82, 2.24) is 0 Å². The van der Waals surface area contributed by atoms with Crippen molar-refractivity contribution >= 4 is 23.2 Å². The van der Waals surface area contributed by atoms with Gasteiger partial charge in [0.1, 0.15) is 5.82 Å². The quantitative estimate of drug-likeness (QED) is 0.887. The zero-order chi connectivity index (χ0) is 13.2. The van der Waals surface area contributed by atoms with Crippen LogP contribution in [0.3, 0.4) is 0 Å². The van der Waals surface area contributed by atoms with Crippen LogP contribution in [0.4, 0.5) is 10.1 Å². The SMILES string of the molecule is NCC1(C(=O)Nc2cc(Cl)ccc2F)CCCC1. The molecule has 1 aromatic carbocycles. The third-order valence-corrected chi connectivity index (χ3v) is 3.84. The van der Waals surface area contributed by atoms with Crippen LogP contribution in [0.25, 0.3) is 0 Å². The number of benzene rings is 1. The Morgan fingerprint density at radius 2 is 2.11 bits per heavy atom. The van der Waals surface area contributed by atoms with Crippen LogP contribution in [0.1, 0.15) is 25.7 Å². The number of hydrogen-bond donors (Lipinski definition) is 2. The van der Waals surface area contributed by atoms with E-state index in [-0.39, 0.29) is 11.6 Å². The number of anilines is 1. The molecule has 0 radical (unpaired) electrons. The van der Waals surface area contributed by atoms with Crippen molar-refractivity contribution in [2.75, 3.05) is 11.9 Å².